The van der Waals surface area contributed by atoms with Crippen molar-refractivity contribution >= 4 is 0 Å². The highest BCUT2D eigenvalue weighted by atomic mass is 16.5. The molecule has 0 spiro atoms. The van der Waals surface area contributed by atoms with Crippen molar-refractivity contribution in [1.29, 1.82) is 0 Å². The number of ether oxygens (including phenoxy) is 1. The smallest absolute Gasteiger partial charge is 0.0575 e. The Bertz CT molecular complexity index is 661. The van der Waals surface area contributed by atoms with Crippen LogP contribution in [0.2, 0.25) is 0 Å². The zero-order valence-electron chi connectivity index (χ0n) is 31.3. The minimum atomic E-state index is 0.482. The number of rotatable bonds is 36. The summed E-state index contributed by atoms with van der Waals surface area (Å²) in [4.78, 5) is 2.27. The molecule has 0 saturated carbocycles. The molecule has 0 fully saturated rings. The molecule has 45 heavy (non-hydrogen) atoms. The van der Waals surface area contributed by atoms with Crippen LogP contribution in [0.5, 0.6) is 0 Å². The van der Waals surface area contributed by atoms with Gasteiger partial charge >= 0.3 is 0 Å². The van der Waals surface area contributed by atoms with E-state index in [1.54, 1.807) is 0 Å². The molecule has 0 aliphatic rings. The molecule has 0 saturated heterocycles. The molecule has 0 N–H and O–H groups in total. The van der Waals surface area contributed by atoms with Gasteiger partial charge in [0.2, 0.25) is 0 Å². The maximum absolute atomic E-state index is 6.40. The molecule has 0 heterocycles. The molecule has 0 aliphatic heterocycles. The Hall–Kier alpha value is -1.12. The van der Waals surface area contributed by atoms with Gasteiger partial charge in [-0.3, -0.25) is 0 Å². The summed E-state index contributed by atoms with van der Waals surface area (Å²) in [6, 6.07) is 0. The second-order valence-corrected chi connectivity index (χ2v) is 13.7. The van der Waals surface area contributed by atoms with Gasteiger partial charge in [0, 0.05) is 6.61 Å². The molecular weight excluding hydrogens is 546 g/mol. The second-order valence-electron chi connectivity index (χ2n) is 13.7. The minimum Gasteiger partial charge on any atom is -0.378 e. The highest BCUT2D eigenvalue weighted by Crippen LogP contribution is 2.18. The Labute approximate surface area is 284 Å². The first-order chi connectivity index (χ1) is 22.2. The fraction of sp³-hybridized carbons (Fsp3) is 0.814. The Morgan fingerprint density at radius 2 is 0.778 bits per heavy atom. The normalized spacial score (nSPS) is 13.2. The van der Waals surface area contributed by atoms with E-state index in [0.717, 1.165) is 32.4 Å². The molecule has 264 valence electrons. The lowest BCUT2D eigenvalue weighted by atomic mass is 10.0. The minimum absolute atomic E-state index is 0.482. The summed E-state index contributed by atoms with van der Waals surface area (Å²) < 4.78 is 6.40. The van der Waals surface area contributed by atoms with Crippen molar-refractivity contribution in [2.24, 2.45) is 0 Å². The average Bonchev–Trinajstić information content (AvgIpc) is 3.03. The van der Waals surface area contributed by atoms with Crippen molar-refractivity contribution in [2.45, 2.75) is 200 Å². The van der Waals surface area contributed by atoms with Crippen LogP contribution in [0.25, 0.3) is 0 Å². The summed E-state index contributed by atoms with van der Waals surface area (Å²) >= 11 is 0. The van der Waals surface area contributed by atoms with Gasteiger partial charge < -0.3 is 9.64 Å². The summed E-state index contributed by atoms with van der Waals surface area (Å²) in [5, 5.41) is 0. The molecule has 1 atom stereocenters. The van der Waals surface area contributed by atoms with E-state index in [1.807, 2.05) is 0 Å². The molecule has 1 unspecified atom stereocenters. The van der Waals surface area contributed by atoms with Gasteiger partial charge in [-0.1, -0.05) is 159 Å². The predicted molar refractivity (Wildman–Crippen MR) is 205 cm³/mol. The van der Waals surface area contributed by atoms with Gasteiger partial charge in [-0.05, 0) is 104 Å². The predicted octanol–water partition coefficient (Wildman–Crippen LogP) is 14.1. The van der Waals surface area contributed by atoms with Crippen LogP contribution in [-0.4, -0.2) is 38.3 Å². The number of hydrogen-bond acceptors (Lipinski definition) is 2. The van der Waals surface area contributed by atoms with Gasteiger partial charge in [0.25, 0.3) is 0 Å². The van der Waals surface area contributed by atoms with Crippen molar-refractivity contribution in [3.8, 4) is 0 Å². The first-order valence-corrected chi connectivity index (χ1v) is 20.1. The lowest BCUT2D eigenvalue weighted by Crippen LogP contribution is -2.18. The van der Waals surface area contributed by atoms with Crippen molar-refractivity contribution < 1.29 is 4.74 Å². The Morgan fingerprint density at radius 3 is 1.16 bits per heavy atom. The van der Waals surface area contributed by atoms with E-state index in [1.165, 1.54) is 161 Å². The largest absolute Gasteiger partial charge is 0.378 e. The zero-order chi connectivity index (χ0) is 32.7. The van der Waals surface area contributed by atoms with E-state index in [4.69, 9.17) is 4.74 Å². The molecule has 2 heteroatoms. The van der Waals surface area contributed by atoms with Gasteiger partial charge in [-0.25, -0.2) is 0 Å². The molecule has 2 nitrogen and oxygen atoms in total. The van der Waals surface area contributed by atoms with Crippen molar-refractivity contribution in [3.05, 3.63) is 48.6 Å². The van der Waals surface area contributed by atoms with Gasteiger partial charge in [0.15, 0.2) is 0 Å². The highest BCUT2D eigenvalue weighted by Gasteiger charge is 2.09. The van der Waals surface area contributed by atoms with Crippen LogP contribution in [0.3, 0.4) is 0 Å². The number of unbranched alkanes of at least 4 members (excludes halogenated alkanes) is 19. The molecule has 0 rings (SSSR count). The van der Waals surface area contributed by atoms with Crippen LogP contribution in [-0.2, 0) is 4.74 Å². The highest BCUT2D eigenvalue weighted by molar-refractivity contribution is 4.93. The Balaban J connectivity index is 3.82. The van der Waals surface area contributed by atoms with Gasteiger partial charge in [0.1, 0.15) is 0 Å². The first-order valence-electron chi connectivity index (χ1n) is 20.1. The summed E-state index contributed by atoms with van der Waals surface area (Å²) in [6.07, 6.45) is 56.3. The fourth-order valence-electron chi connectivity index (χ4n) is 5.84. The SMILES string of the molecule is CCCCC/C=C\C/C=C\CCCCCCCCCC(CCCCCCCC/C=C\C/C=C\CCCCC)OCCCN(C)C. The molecule has 0 radical (unpaired) electrons. The number of hydrogen-bond donors (Lipinski definition) is 0. The van der Waals surface area contributed by atoms with Gasteiger partial charge in [0.05, 0.1) is 6.10 Å². The molecule has 0 aromatic heterocycles. The third-order valence-electron chi connectivity index (χ3n) is 8.81. The van der Waals surface area contributed by atoms with E-state index in [9.17, 15) is 0 Å². The molecule has 0 aliphatic carbocycles. The van der Waals surface area contributed by atoms with E-state index in [-0.39, 0.29) is 0 Å². The monoisotopic (exact) mass is 628 g/mol. The van der Waals surface area contributed by atoms with Gasteiger partial charge in [-0.15, -0.1) is 0 Å². The fourth-order valence-corrected chi connectivity index (χ4v) is 5.84. The average molecular weight is 628 g/mol. The molecule has 0 aromatic rings. The van der Waals surface area contributed by atoms with E-state index < -0.39 is 0 Å². The quantitative estimate of drug-likeness (QED) is 0.0506. The maximum atomic E-state index is 6.40. The van der Waals surface area contributed by atoms with Crippen LogP contribution in [0, 0.1) is 0 Å². The second kappa shape index (κ2) is 39.1. The summed E-state index contributed by atoms with van der Waals surface area (Å²) in [6.45, 7) is 6.60. The topological polar surface area (TPSA) is 12.5 Å². The van der Waals surface area contributed by atoms with Crippen LogP contribution < -0.4 is 0 Å². The maximum Gasteiger partial charge on any atom is 0.0575 e. The van der Waals surface area contributed by atoms with Crippen LogP contribution in [0.15, 0.2) is 48.6 Å². The van der Waals surface area contributed by atoms with Crippen LogP contribution >= 0.6 is 0 Å². The van der Waals surface area contributed by atoms with Crippen molar-refractivity contribution in [2.75, 3.05) is 27.2 Å². The van der Waals surface area contributed by atoms with Gasteiger partial charge in [-0.2, -0.15) is 0 Å². The lowest BCUT2D eigenvalue weighted by Gasteiger charge is -2.19. The standard InChI is InChI=1S/C43H81NO/c1-5-7-9-11-13-15-17-19-21-23-25-27-29-31-33-35-37-40-43(45-42-38-41-44(3)4)39-36-34-32-30-28-26-24-22-20-18-16-14-12-10-8-6-2/h13-16,19-22,43H,5-12,17-18,23-42H2,1-4H3/b15-13-,16-14-,21-19-,22-20-. The zero-order valence-corrected chi connectivity index (χ0v) is 31.3. The van der Waals surface area contributed by atoms with Crippen LogP contribution in [0.4, 0.5) is 0 Å². The number of allylic oxidation sites excluding steroid dienone is 8. The van der Waals surface area contributed by atoms with Crippen LogP contribution in [0.1, 0.15) is 194 Å². The van der Waals surface area contributed by atoms with E-state index >= 15 is 0 Å². The summed E-state index contributed by atoms with van der Waals surface area (Å²) in [7, 11) is 4.32. The summed E-state index contributed by atoms with van der Waals surface area (Å²) in [5.74, 6) is 0. The first kappa shape index (κ1) is 43.9. The Kier molecular flexibility index (Phi) is 38.1. The van der Waals surface area contributed by atoms with E-state index in [0.29, 0.717) is 6.10 Å². The lowest BCUT2D eigenvalue weighted by molar-refractivity contribution is 0.0342. The Morgan fingerprint density at radius 1 is 0.422 bits per heavy atom. The van der Waals surface area contributed by atoms with Crippen molar-refractivity contribution in [3.63, 3.8) is 0 Å². The molecule has 0 bridgehead atoms. The van der Waals surface area contributed by atoms with E-state index in [2.05, 4.69) is 81.5 Å². The third kappa shape index (κ3) is 39.0. The van der Waals surface area contributed by atoms with Crippen molar-refractivity contribution in [1.82, 2.24) is 4.90 Å². The molecular formula is C43H81NO. The number of nitrogens with zero attached hydrogens (tertiary/aromatic N) is 1. The molecule has 0 aromatic carbocycles. The summed E-state index contributed by atoms with van der Waals surface area (Å²) in [5.41, 5.74) is 0. The third-order valence-corrected chi connectivity index (χ3v) is 8.81. The molecule has 0 amide bonds.